The Kier molecular flexibility index (Phi) is 6.49. The summed E-state index contributed by atoms with van der Waals surface area (Å²) in [4.78, 5) is 25.0. The predicted octanol–water partition coefficient (Wildman–Crippen LogP) is 4.25. The maximum Gasteiger partial charge on any atom is 0.305 e. The van der Waals surface area contributed by atoms with Crippen molar-refractivity contribution in [2.45, 2.75) is 20.0 Å². The summed E-state index contributed by atoms with van der Waals surface area (Å²) in [6.45, 7) is 2.62. The van der Waals surface area contributed by atoms with Crippen LogP contribution in [0.2, 0.25) is 0 Å². The van der Waals surface area contributed by atoms with E-state index in [4.69, 9.17) is 22.1 Å². The Morgan fingerprint density at radius 3 is 2.68 bits per heavy atom. The summed E-state index contributed by atoms with van der Waals surface area (Å²) in [5.74, 6) is -0.469. The fourth-order valence-electron chi connectivity index (χ4n) is 2.68. The number of thioether (sulfide) groups is 1. The molecule has 1 saturated heterocycles. The number of benzene rings is 2. The minimum Gasteiger partial charge on any atom is -0.489 e. The number of carbonyl (C=O) groups excluding carboxylic acids is 1. The van der Waals surface area contributed by atoms with E-state index in [1.807, 2.05) is 49.4 Å². The van der Waals surface area contributed by atoms with Gasteiger partial charge in [-0.1, -0.05) is 65.9 Å². The molecule has 0 aliphatic carbocycles. The minimum atomic E-state index is -0.959. The van der Waals surface area contributed by atoms with Crippen LogP contribution in [0.15, 0.2) is 53.4 Å². The highest BCUT2D eigenvalue weighted by molar-refractivity contribution is 8.26. The van der Waals surface area contributed by atoms with Crippen LogP contribution in [0.4, 0.5) is 0 Å². The van der Waals surface area contributed by atoms with Crippen LogP contribution in [-0.2, 0) is 16.2 Å². The quantitative estimate of drug-likeness (QED) is 0.541. The fourth-order valence-corrected chi connectivity index (χ4v) is 3.99. The molecule has 1 N–H and O–H groups in total. The second-order valence-corrected chi connectivity index (χ2v) is 8.00. The van der Waals surface area contributed by atoms with Gasteiger partial charge in [-0.2, -0.15) is 0 Å². The number of carboxylic acids is 1. The molecule has 7 heteroatoms. The van der Waals surface area contributed by atoms with E-state index >= 15 is 0 Å². The number of thiocarbonyl (C=S) groups is 1. The van der Waals surface area contributed by atoms with Crippen LogP contribution < -0.4 is 4.74 Å². The molecular formula is C21H19NO4S2. The maximum atomic E-state index is 12.4. The van der Waals surface area contributed by atoms with Gasteiger partial charge in [0, 0.05) is 6.54 Å². The number of aryl methyl sites for hydroxylation is 1. The predicted molar refractivity (Wildman–Crippen MR) is 114 cm³/mol. The van der Waals surface area contributed by atoms with E-state index in [0.717, 1.165) is 16.9 Å². The van der Waals surface area contributed by atoms with Crippen molar-refractivity contribution in [3.8, 4) is 5.75 Å². The van der Waals surface area contributed by atoms with Crippen LogP contribution >= 0.6 is 24.0 Å². The molecule has 2 aromatic rings. The van der Waals surface area contributed by atoms with Crippen LogP contribution in [0.25, 0.3) is 6.08 Å². The average Bonchev–Trinajstić information content (AvgIpc) is 2.92. The summed E-state index contributed by atoms with van der Waals surface area (Å²) in [6, 6.07) is 15.6. The number of rotatable bonds is 7. The molecule has 3 rings (SSSR count). The third-order valence-corrected chi connectivity index (χ3v) is 5.47. The standard InChI is InChI=1S/C21H19NO4S2/c1-14-3-2-4-16(11-14)13-26-17-7-5-15(6-8-17)12-18-20(25)22(21(27)28-18)10-9-19(23)24/h2-8,11-12H,9-10,13H2,1H3,(H,23,24)/b18-12+. The number of hydrogen-bond acceptors (Lipinski definition) is 5. The zero-order chi connectivity index (χ0) is 20.1. The first-order valence-electron chi connectivity index (χ1n) is 8.68. The van der Waals surface area contributed by atoms with Crippen molar-refractivity contribution in [2.24, 2.45) is 0 Å². The molecule has 0 atom stereocenters. The van der Waals surface area contributed by atoms with Gasteiger partial charge in [0.1, 0.15) is 16.7 Å². The monoisotopic (exact) mass is 413 g/mol. The zero-order valence-corrected chi connectivity index (χ0v) is 16.9. The molecule has 144 valence electrons. The molecule has 28 heavy (non-hydrogen) atoms. The molecule has 2 aromatic carbocycles. The molecule has 1 aliphatic rings. The molecule has 0 aromatic heterocycles. The number of amides is 1. The van der Waals surface area contributed by atoms with E-state index in [2.05, 4.69) is 6.07 Å². The Morgan fingerprint density at radius 1 is 1.25 bits per heavy atom. The lowest BCUT2D eigenvalue weighted by atomic mass is 10.1. The highest BCUT2D eigenvalue weighted by Crippen LogP contribution is 2.32. The summed E-state index contributed by atoms with van der Waals surface area (Å²) in [7, 11) is 0. The lowest BCUT2D eigenvalue weighted by Gasteiger charge is -2.12. The van der Waals surface area contributed by atoms with E-state index in [9.17, 15) is 9.59 Å². The van der Waals surface area contributed by atoms with Gasteiger partial charge in [-0.15, -0.1) is 0 Å². The van der Waals surface area contributed by atoms with Gasteiger partial charge in [0.15, 0.2) is 0 Å². The Labute approximate surface area is 173 Å². The summed E-state index contributed by atoms with van der Waals surface area (Å²) >= 11 is 6.37. The second kappa shape index (κ2) is 9.03. The number of carbonyl (C=O) groups is 2. The molecular weight excluding hydrogens is 394 g/mol. The van der Waals surface area contributed by atoms with E-state index in [-0.39, 0.29) is 18.9 Å². The maximum absolute atomic E-state index is 12.4. The van der Waals surface area contributed by atoms with Crippen LogP contribution in [0.3, 0.4) is 0 Å². The number of ether oxygens (including phenoxy) is 1. The first kappa shape index (κ1) is 20.1. The molecule has 5 nitrogen and oxygen atoms in total. The second-order valence-electron chi connectivity index (χ2n) is 6.32. The molecule has 0 unspecified atom stereocenters. The lowest BCUT2D eigenvalue weighted by Crippen LogP contribution is -2.30. The number of carboxylic acid groups (broad SMARTS) is 1. The van der Waals surface area contributed by atoms with Gasteiger partial charge in [-0.05, 0) is 36.3 Å². The molecule has 1 heterocycles. The number of aliphatic carboxylic acids is 1. The molecule has 1 fully saturated rings. The highest BCUT2D eigenvalue weighted by atomic mass is 32.2. The van der Waals surface area contributed by atoms with Crippen molar-refractivity contribution in [1.29, 1.82) is 0 Å². The van der Waals surface area contributed by atoms with E-state index in [1.54, 1.807) is 6.08 Å². The Balaban J connectivity index is 1.62. The number of hydrogen-bond donors (Lipinski definition) is 1. The molecule has 0 saturated carbocycles. The molecule has 0 spiro atoms. The third kappa shape index (κ3) is 5.21. The van der Waals surface area contributed by atoms with Gasteiger partial charge >= 0.3 is 5.97 Å². The van der Waals surface area contributed by atoms with Gasteiger partial charge in [0.05, 0.1) is 11.3 Å². The first-order valence-corrected chi connectivity index (χ1v) is 9.90. The van der Waals surface area contributed by atoms with Crippen molar-refractivity contribution in [3.05, 3.63) is 70.1 Å². The van der Waals surface area contributed by atoms with Crippen molar-refractivity contribution in [2.75, 3.05) is 6.54 Å². The normalized spacial score (nSPS) is 15.3. The van der Waals surface area contributed by atoms with Gasteiger partial charge in [-0.3, -0.25) is 14.5 Å². The summed E-state index contributed by atoms with van der Waals surface area (Å²) in [6.07, 6.45) is 1.62. The van der Waals surface area contributed by atoms with Gasteiger partial charge in [0.2, 0.25) is 0 Å². The van der Waals surface area contributed by atoms with Crippen molar-refractivity contribution >= 4 is 46.3 Å². The SMILES string of the molecule is Cc1cccc(COc2ccc(/C=C3/SC(=S)N(CCC(=O)O)C3=O)cc2)c1. The van der Waals surface area contributed by atoms with E-state index in [1.165, 1.54) is 22.2 Å². The average molecular weight is 414 g/mol. The molecule has 0 bridgehead atoms. The van der Waals surface area contributed by atoms with Crippen molar-refractivity contribution < 1.29 is 19.4 Å². The van der Waals surface area contributed by atoms with Gasteiger partial charge in [0.25, 0.3) is 5.91 Å². The van der Waals surface area contributed by atoms with E-state index < -0.39 is 5.97 Å². The largest absolute Gasteiger partial charge is 0.489 e. The summed E-state index contributed by atoms with van der Waals surface area (Å²) in [5, 5.41) is 8.79. The molecule has 1 aliphatic heterocycles. The molecule has 1 amide bonds. The van der Waals surface area contributed by atoms with Crippen LogP contribution in [0.1, 0.15) is 23.1 Å². The Bertz CT molecular complexity index is 938. The van der Waals surface area contributed by atoms with Crippen LogP contribution in [0.5, 0.6) is 5.75 Å². The number of nitrogens with zero attached hydrogens (tertiary/aromatic N) is 1. The lowest BCUT2D eigenvalue weighted by molar-refractivity contribution is -0.137. The van der Waals surface area contributed by atoms with Gasteiger partial charge < -0.3 is 9.84 Å². The van der Waals surface area contributed by atoms with Crippen LogP contribution in [-0.4, -0.2) is 32.7 Å². The van der Waals surface area contributed by atoms with E-state index in [0.29, 0.717) is 15.8 Å². The Hall–Kier alpha value is -2.64. The summed E-state index contributed by atoms with van der Waals surface area (Å²) < 4.78 is 6.19. The zero-order valence-electron chi connectivity index (χ0n) is 15.3. The summed E-state index contributed by atoms with van der Waals surface area (Å²) in [5.41, 5.74) is 3.15. The van der Waals surface area contributed by atoms with Crippen molar-refractivity contribution in [3.63, 3.8) is 0 Å². The third-order valence-electron chi connectivity index (χ3n) is 4.09. The molecule has 0 radical (unpaired) electrons. The first-order chi connectivity index (χ1) is 13.4. The topological polar surface area (TPSA) is 66.8 Å². The van der Waals surface area contributed by atoms with Crippen LogP contribution in [0, 0.1) is 6.92 Å². The van der Waals surface area contributed by atoms with Crippen molar-refractivity contribution in [1.82, 2.24) is 4.90 Å². The Morgan fingerprint density at radius 2 is 2.00 bits per heavy atom. The van der Waals surface area contributed by atoms with Gasteiger partial charge in [-0.25, -0.2) is 0 Å². The highest BCUT2D eigenvalue weighted by Gasteiger charge is 2.31. The smallest absolute Gasteiger partial charge is 0.305 e. The fraction of sp³-hybridized carbons (Fsp3) is 0.190. The minimum absolute atomic E-state index is 0.0864.